The van der Waals surface area contributed by atoms with Crippen molar-refractivity contribution in [3.05, 3.63) is 58.6 Å². The van der Waals surface area contributed by atoms with E-state index < -0.39 is 0 Å². The van der Waals surface area contributed by atoms with Gasteiger partial charge in [-0.3, -0.25) is 4.79 Å². The first kappa shape index (κ1) is 20.2. The van der Waals surface area contributed by atoms with Crippen LogP contribution in [-0.4, -0.2) is 50.9 Å². The van der Waals surface area contributed by atoms with Crippen LogP contribution in [0.25, 0.3) is 5.69 Å². The number of rotatable bonds is 7. The molecule has 0 fully saturated rings. The highest BCUT2D eigenvalue weighted by Crippen LogP contribution is 2.27. The van der Waals surface area contributed by atoms with E-state index in [1.165, 1.54) is 11.8 Å². The number of carbonyl (C=O) groups is 1. The third kappa shape index (κ3) is 4.82. The van der Waals surface area contributed by atoms with Crippen molar-refractivity contribution in [2.75, 3.05) is 19.9 Å². The Hall–Kier alpha value is -2.58. The van der Waals surface area contributed by atoms with Gasteiger partial charge in [-0.15, -0.1) is 5.10 Å². The van der Waals surface area contributed by atoms with Gasteiger partial charge in [-0.1, -0.05) is 41.6 Å². The van der Waals surface area contributed by atoms with Crippen LogP contribution in [0.3, 0.4) is 0 Å². The van der Waals surface area contributed by atoms with Crippen molar-refractivity contribution in [1.29, 1.82) is 0 Å². The first-order valence-corrected chi connectivity index (χ1v) is 9.89. The zero-order valence-electron chi connectivity index (χ0n) is 15.8. The smallest absolute Gasteiger partial charge is 0.233 e. The average Bonchev–Trinajstić information content (AvgIpc) is 3.16. The summed E-state index contributed by atoms with van der Waals surface area (Å²) in [6, 6.07) is 13.2. The topological polar surface area (TPSA) is 73.1 Å². The largest absolute Gasteiger partial charge is 0.494 e. The quantitative estimate of drug-likeness (QED) is 0.549. The number of tetrazole rings is 1. The van der Waals surface area contributed by atoms with Crippen LogP contribution < -0.4 is 4.74 Å². The third-order valence-corrected chi connectivity index (χ3v) is 5.24. The fraction of sp³-hybridized carbons (Fsp3) is 0.263. The van der Waals surface area contributed by atoms with Crippen LogP contribution in [0.1, 0.15) is 11.1 Å². The zero-order chi connectivity index (χ0) is 20.1. The highest BCUT2D eigenvalue weighted by molar-refractivity contribution is 7.99. The molecule has 146 valence electrons. The second kappa shape index (κ2) is 9.07. The van der Waals surface area contributed by atoms with Crippen molar-refractivity contribution >= 4 is 29.3 Å². The SMILES string of the molecule is COc1ccc(C)cc1-n1nnnc1SCC(=O)N(C)Cc1ccc(Cl)cc1. The summed E-state index contributed by atoms with van der Waals surface area (Å²) in [5, 5.41) is 13.0. The van der Waals surface area contributed by atoms with Gasteiger partial charge in [0.25, 0.3) is 0 Å². The van der Waals surface area contributed by atoms with E-state index in [-0.39, 0.29) is 11.7 Å². The van der Waals surface area contributed by atoms with E-state index in [1.807, 2.05) is 49.4 Å². The molecular formula is C19H20ClN5O2S. The van der Waals surface area contributed by atoms with E-state index in [2.05, 4.69) is 15.5 Å². The molecule has 7 nitrogen and oxygen atoms in total. The van der Waals surface area contributed by atoms with E-state index in [0.29, 0.717) is 22.5 Å². The van der Waals surface area contributed by atoms with Gasteiger partial charge in [-0.05, 0) is 52.7 Å². The summed E-state index contributed by atoms with van der Waals surface area (Å²) in [6.45, 7) is 2.49. The lowest BCUT2D eigenvalue weighted by molar-refractivity contribution is -0.127. The Kier molecular flexibility index (Phi) is 6.53. The minimum absolute atomic E-state index is 0.0225. The molecule has 1 amide bonds. The molecule has 2 aromatic carbocycles. The molecule has 1 aromatic heterocycles. The van der Waals surface area contributed by atoms with Crippen molar-refractivity contribution in [2.45, 2.75) is 18.6 Å². The Balaban J connectivity index is 1.67. The lowest BCUT2D eigenvalue weighted by Gasteiger charge is -2.17. The summed E-state index contributed by atoms with van der Waals surface area (Å²) < 4.78 is 6.99. The van der Waals surface area contributed by atoms with E-state index in [9.17, 15) is 4.79 Å². The van der Waals surface area contributed by atoms with Crippen LogP contribution >= 0.6 is 23.4 Å². The lowest BCUT2D eigenvalue weighted by Crippen LogP contribution is -2.27. The second-order valence-corrected chi connectivity index (χ2v) is 7.59. The first-order chi connectivity index (χ1) is 13.5. The van der Waals surface area contributed by atoms with Gasteiger partial charge in [-0.2, -0.15) is 4.68 Å². The van der Waals surface area contributed by atoms with E-state index in [4.69, 9.17) is 16.3 Å². The van der Waals surface area contributed by atoms with Gasteiger partial charge in [0, 0.05) is 18.6 Å². The summed E-state index contributed by atoms with van der Waals surface area (Å²) in [5.41, 5.74) is 2.80. The normalized spacial score (nSPS) is 10.7. The molecular weight excluding hydrogens is 398 g/mol. The number of hydrogen-bond donors (Lipinski definition) is 0. The fourth-order valence-corrected chi connectivity index (χ4v) is 3.52. The highest BCUT2D eigenvalue weighted by atomic mass is 35.5. The molecule has 0 N–H and O–H groups in total. The lowest BCUT2D eigenvalue weighted by atomic mass is 10.2. The summed E-state index contributed by atoms with van der Waals surface area (Å²) in [4.78, 5) is 14.2. The zero-order valence-corrected chi connectivity index (χ0v) is 17.4. The van der Waals surface area contributed by atoms with E-state index >= 15 is 0 Å². The van der Waals surface area contributed by atoms with Gasteiger partial charge in [0.1, 0.15) is 11.4 Å². The van der Waals surface area contributed by atoms with E-state index in [1.54, 1.807) is 23.7 Å². The van der Waals surface area contributed by atoms with Crippen LogP contribution in [0, 0.1) is 6.92 Å². The molecule has 0 radical (unpaired) electrons. The number of carbonyl (C=O) groups excluding carboxylic acids is 1. The molecule has 1 heterocycles. The molecule has 0 unspecified atom stereocenters. The number of methoxy groups -OCH3 is 1. The van der Waals surface area contributed by atoms with Crippen LogP contribution in [0.4, 0.5) is 0 Å². The molecule has 0 bridgehead atoms. The average molecular weight is 418 g/mol. The number of halogens is 1. The minimum Gasteiger partial charge on any atom is -0.494 e. The molecule has 9 heteroatoms. The van der Waals surface area contributed by atoms with E-state index in [0.717, 1.165) is 16.8 Å². The second-order valence-electron chi connectivity index (χ2n) is 6.21. The Morgan fingerprint density at radius 2 is 2.00 bits per heavy atom. The van der Waals surface area contributed by atoms with Crippen molar-refractivity contribution in [2.24, 2.45) is 0 Å². The van der Waals surface area contributed by atoms with Gasteiger partial charge < -0.3 is 9.64 Å². The molecule has 0 aliphatic carbocycles. The van der Waals surface area contributed by atoms with Crippen LogP contribution in [0.15, 0.2) is 47.6 Å². The van der Waals surface area contributed by atoms with Gasteiger partial charge in [0.2, 0.25) is 11.1 Å². The predicted octanol–water partition coefficient (Wildman–Crippen LogP) is 3.38. The number of aryl methyl sites for hydroxylation is 1. The molecule has 0 saturated carbocycles. The molecule has 0 aliphatic rings. The number of aromatic nitrogens is 4. The summed E-state index contributed by atoms with van der Waals surface area (Å²) in [7, 11) is 3.37. The molecule has 0 aliphatic heterocycles. The Morgan fingerprint density at radius 3 is 2.71 bits per heavy atom. The maximum atomic E-state index is 12.5. The van der Waals surface area contributed by atoms with Crippen molar-refractivity contribution in [3.63, 3.8) is 0 Å². The van der Waals surface area contributed by atoms with Crippen molar-refractivity contribution in [3.8, 4) is 11.4 Å². The molecule has 28 heavy (non-hydrogen) atoms. The fourth-order valence-electron chi connectivity index (χ4n) is 2.57. The van der Waals surface area contributed by atoms with Gasteiger partial charge >= 0.3 is 0 Å². The Bertz CT molecular complexity index is 961. The molecule has 3 aromatic rings. The molecule has 3 rings (SSSR count). The summed E-state index contributed by atoms with van der Waals surface area (Å²) >= 11 is 7.18. The van der Waals surface area contributed by atoms with Crippen LogP contribution in [-0.2, 0) is 11.3 Å². The summed E-state index contributed by atoms with van der Waals surface area (Å²) in [6.07, 6.45) is 0. The Morgan fingerprint density at radius 1 is 1.25 bits per heavy atom. The minimum atomic E-state index is -0.0225. The maximum absolute atomic E-state index is 12.5. The molecule has 0 atom stereocenters. The van der Waals surface area contributed by atoms with Crippen LogP contribution in [0.2, 0.25) is 5.02 Å². The predicted molar refractivity (Wildman–Crippen MR) is 109 cm³/mol. The van der Waals surface area contributed by atoms with Gasteiger partial charge in [-0.25, -0.2) is 0 Å². The summed E-state index contributed by atoms with van der Waals surface area (Å²) in [5.74, 6) is 0.857. The number of benzene rings is 2. The molecule has 0 spiro atoms. The first-order valence-electron chi connectivity index (χ1n) is 8.52. The number of nitrogens with zero attached hydrogens (tertiary/aromatic N) is 5. The number of amides is 1. The van der Waals surface area contributed by atoms with Gasteiger partial charge in [0.05, 0.1) is 12.9 Å². The van der Waals surface area contributed by atoms with Gasteiger partial charge in [0.15, 0.2) is 0 Å². The molecule has 0 saturated heterocycles. The van der Waals surface area contributed by atoms with Crippen molar-refractivity contribution in [1.82, 2.24) is 25.1 Å². The maximum Gasteiger partial charge on any atom is 0.233 e. The Labute approximate surface area is 172 Å². The van der Waals surface area contributed by atoms with Crippen LogP contribution in [0.5, 0.6) is 5.75 Å². The number of hydrogen-bond acceptors (Lipinski definition) is 6. The van der Waals surface area contributed by atoms with Crippen molar-refractivity contribution < 1.29 is 9.53 Å². The standard InChI is InChI=1S/C19H20ClN5O2S/c1-13-4-9-17(27-3)16(10-13)25-19(21-22-23-25)28-12-18(26)24(2)11-14-5-7-15(20)8-6-14/h4-10H,11-12H2,1-3H3. The monoisotopic (exact) mass is 417 g/mol. The number of thioether (sulfide) groups is 1. The highest BCUT2D eigenvalue weighted by Gasteiger charge is 2.17. The third-order valence-electron chi connectivity index (χ3n) is 4.09. The number of ether oxygens (including phenoxy) is 1.